The molecule has 0 N–H and O–H groups in total. The van der Waals surface area contributed by atoms with Gasteiger partial charge in [0.2, 0.25) is 5.13 Å². The average molecular weight is 495 g/mol. The number of anilines is 1. The quantitative estimate of drug-likeness (QED) is 0.206. The molecule has 4 rings (SSSR count). The van der Waals surface area contributed by atoms with Crippen molar-refractivity contribution in [2.45, 2.75) is 40.0 Å². The molecule has 0 atom stereocenters. The second-order valence-electron chi connectivity index (χ2n) is 7.71. The van der Waals surface area contributed by atoms with Crippen LogP contribution in [0.3, 0.4) is 0 Å². The van der Waals surface area contributed by atoms with Crippen LogP contribution in [0.1, 0.15) is 39.2 Å². The number of halogens is 1. The summed E-state index contributed by atoms with van der Waals surface area (Å²) in [5.74, 6) is -0.411. The summed E-state index contributed by atoms with van der Waals surface area (Å²) in [4.78, 5) is 7.22. The van der Waals surface area contributed by atoms with Crippen LogP contribution < -0.4 is 4.90 Å². The van der Waals surface area contributed by atoms with Gasteiger partial charge in [-0.2, -0.15) is 0 Å². The molecule has 0 aliphatic rings. The Hall–Kier alpha value is -3.04. The van der Waals surface area contributed by atoms with E-state index in [1.807, 2.05) is 48.5 Å². The van der Waals surface area contributed by atoms with Crippen LogP contribution in [0.2, 0.25) is 0 Å². The molecule has 9 heteroatoms. The highest BCUT2D eigenvalue weighted by Gasteiger charge is 2.17. The van der Waals surface area contributed by atoms with E-state index < -0.39 is 5.82 Å². The minimum absolute atomic E-state index is 0.222. The number of benzene rings is 2. The number of nitrogens with zero attached hydrogens (tertiary/aromatic N) is 6. The number of rotatable bonds is 10. The molecule has 176 valence electrons. The van der Waals surface area contributed by atoms with E-state index in [-0.39, 0.29) is 5.00 Å². The summed E-state index contributed by atoms with van der Waals surface area (Å²) < 4.78 is 15.3. The number of hydrogen-bond acceptors (Lipinski definition) is 8. The number of aryl methyl sites for hydroxylation is 1. The van der Waals surface area contributed by atoms with Gasteiger partial charge in [-0.05, 0) is 68.7 Å². The minimum Gasteiger partial charge on any atom is -0.372 e. The van der Waals surface area contributed by atoms with Gasteiger partial charge in [-0.3, -0.25) is 0 Å². The Kier molecular flexibility index (Phi) is 8.08. The van der Waals surface area contributed by atoms with Gasteiger partial charge in [0, 0.05) is 18.8 Å². The van der Waals surface area contributed by atoms with E-state index >= 15 is 0 Å². The van der Waals surface area contributed by atoms with Gasteiger partial charge < -0.3 is 4.90 Å². The van der Waals surface area contributed by atoms with E-state index in [9.17, 15) is 4.39 Å². The lowest BCUT2D eigenvalue weighted by Crippen LogP contribution is -2.21. The van der Waals surface area contributed by atoms with Gasteiger partial charge >= 0.3 is 0 Å². The van der Waals surface area contributed by atoms with Gasteiger partial charge in [0.25, 0.3) is 0 Å². The molecule has 0 saturated carbocycles. The normalized spacial score (nSPS) is 11.9. The largest absolute Gasteiger partial charge is 0.372 e. The van der Waals surface area contributed by atoms with Crippen molar-refractivity contribution >= 4 is 59.4 Å². The standard InChI is InChI=1S/C25H27FN6S2/c1-4-7-8-17-9-11-18(12-10-17)28-30-23-21(26)22-24(34-23)27-25(33-22)31-29-19-13-15-20(16-14-19)32(5-2)6-3/h9-16H,4-8H2,1-3H3. The summed E-state index contributed by atoms with van der Waals surface area (Å²) in [6.07, 6.45) is 3.38. The van der Waals surface area contributed by atoms with Crippen LogP contribution in [-0.2, 0) is 6.42 Å². The van der Waals surface area contributed by atoms with Crippen molar-refractivity contribution in [1.82, 2.24) is 4.98 Å². The van der Waals surface area contributed by atoms with E-state index in [4.69, 9.17) is 0 Å². The highest BCUT2D eigenvalue weighted by Crippen LogP contribution is 2.42. The highest BCUT2D eigenvalue weighted by atomic mass is 32.1. The molecule has 2 heterocycles. The van der Waals surface area contributed by atoms with Gasteiger partial charge in [-0.1, -0.05) is 48.2 Å². The smallest absolute Gasteiger partial charge is 0.231 e. The van der Waals surface area contributed by atoms with E-state index in [1.165, 1.54) is 16.9 Å². The van der Waals surface area contributed by atoms with Gasteiger partial charge in [0.1, 0.15) is 9.53 Å². The zero-order valence-electron chi connectivity index (χ0n) is 19.5. The number of azo groups is 2. The fourth-order valence-corrected chi connectivity index (χ4v) is 5.34. The van der Waals surface area contributed by atoms with Crippen LogP contribution in [-0.4, -0.2) is 18.1 Å². The second-order valence-corrected chi connectivity index (χ2v) is 9.67. The summed E-state index contributed by atoms with van der Waals surface area (Å²) in [5.41, 5.74) is 3.85. The Morgan fingerprint density at radius 1 is 0.824 bits per heavy atom. The van der Waals surface area contributed by atoms with Crippen molar-refractivity contribution in [3.8, 4) is 0 Å². The summed E-state index contributed by atoms with van der Waals surface area (Å²) in [5, 5.41) is 17.4. The Balaban J connectivity index is 1.44. The van der Waals surface area contributed by atoms with Crippen molar-refractivity contribution in [3.63, 3.8) is 0 Å². The first-order chi connectivity index (χ1) is 16.6. The lowest BCUT2D eigenvalue weighted by Gasteiger charge is -2.20. The molecule has 0 saturated heterocycles. The van der Waals surface area contributed by atoms with Crippen LogP contribution >= 0.6 is 22.7 Å². The van der Waals surface area contributed by atoms with Crippen molar-refractivity contribution in [2.24, 2.45) is 20.5 Å². The molecular formula is C25H27FN6S2. The van der Waals surface area contributed by atoms with Crippen molar-refractivity contribution in [3.05, 3.63) is 59.9 Å². The molecule has 0 amide bonds. The number of hydrogen-bond donors (Lipinski definition) is 0. The number of thiazole rings is 1. The van der Waals surface area contributed by atoms with Crippen molar-refractivity contribution < 1.29 is 4.39 Å². The minimum atomic E-state index is -0.411. The molecule has 0 radical (unpaired) electrons. The summed E-state index contributed by atoms with van der Waals surface area (Å²) in [7, 11) is 0. The first kappa shape index (κ1) is 24.1. The van der Waals surface area contributed by atoms with Crippen molar-refractivity contribution in [2.75, 3.05) is 18.0 Å². The van der Waals surface area contributed by atoms with Crippen LogP contribution in [0.5, 0.6) is 0 Å². The van der Waals surface area contributed by atoms with Crippen LogP contribution in [0.25, 0.3) is 9.53 Å². The topological polar surface area (TPSA) is 65.6 Å². The molecule has 34 heavy (non-hydrogen) atoms. The Morgan fingerprint density at radius 3 is 2.09 bits per heavy atom. The molecule has 0 unspecified atom stereocenters. The van der Waals surface area contributed by atoms with Gasteiger partial charge in [0.15, 0.2) is 10.8 Å². The van der Waals surface area contributed by atoms with E-state index in [1.54, 1.807) is 0 Å². The first-order valence-corrected chi connectivity index (χ1v) is 13.1. The maximum Gasteiger partial charge on any atom is 0.231 e. The number of thiophene rings is 1. The molecule has 0 spiro atoms. The fourth-order valence-electron chi connectivity index (χ4n) is 3.48. The molecule has 4 aromatic rings. The van der Waals surface area contributed by atoms with E-state index in [0.717, 1.165) is 55.1 Å². The van der Waals surface area contributed by atoms with Crippen LogP contribution in [0.15, 0.2) is 69.0 Å². The monoisotopic (exact) mass is 494 g/mol. The lowest BCUT2D eigenvalue weighted by molar-refractivity contribution is 0.646. The molecule has 6 nitrogen and oxygen atoms in total. The van der Waals surface area contributed by atoms with Crippen molar-refractivity contribution in [1.29, 1.82) is 0 Å². The zero-order chi connectivity index (χ0) is 23.9. The molecule has 0 aliphatic carbocycles. The molecule has 2 aromatic carbocycles. The Morgan fingerprint density at radius 2 is 1.47 bits per heavy atom. The number of aromatic nitrogens is 1. The van der Waals surface area contributed by atoms with Crippen LogP contribution in [0, 0.1) is 5.82 Å². The summed E-state index contributed by atoms with van der Waals surface area (Å²) in [6.45, 7) is 8.33. The second kappa shape index (κ2) is 11.4. The van der Waals surface area contributed by atoms with Gasteiger partial charge in [-0.25, -0.2) is 9.37 Å². The number of fused-ring (bicyclic) bond motifs is 1. The third-order valence-corrected chi connectivity index (χ3v) is 7.41. The predicted molar refractivity (Wildman–Crippen MR) is 141 cm³/mol. The Bertz CT molecular complexity index is 1270. The highest BCUT2D eigenvalue weighted by molar-refractivity contribution is 7.30. The maximum absolute atomic E-state index is 14.8. The molecule has 0 aliphatic heterocycles. The molecule has 0 bridgehead atoms. The van der Waals surface area contributed by atoms with Gasteiger partial charge in [-0.15, -0.1) is 20.5 Å². The Labute approximate surface area is 206 Å². The predicted octanol–water partition coefficient (Wildman–Crippen LogP) is 9.52. The average Bonchev–Trinajstić information content (AvgIpc) is 3.40. The maximum atomic E-state index is 14.8. The third kappa shape index (κ3) is 5.71. The van der Waals surface area contributed by atoms with E-state index in [2.05, 4.69) is 51.1 Å². The molecule has 2 aromatic heterocycles. The number of unbranched alkanes of at least 4 members (excludes halogenated alkanes) is 1. The third-order valence-electron chi connectivity index (χ3n) is 5.41. The van der Waals surface area contributed by atoms with Crippen LogP contribution in [0.4, 0.5) is 31.6 Å². The zero-order valence-corrected chi connectivity index (χ0v) is 21.2. The fraction of sp³-hybridized carbons (Fsp3) is 0.320. The van der Waals surface area contributed by atoms with E-state index in [0.29, 0.717) is 20.3 Å². The van der Waals surface area contributed by atoms with Gasteiger partial charge in [0.05, 0.1) is 11.4 Å². The lowest BCUT2D eigenvalue weighted by atomic mass is 10.1. The molecular weight excluding hydrogens is 467 g/mol. The summed E-state index contributed by atoms with van der Waals surface area (Å²) in [6, 6.07) is 15.8. The first-order valence-electron chi connectivity index (χ1n) is 11.5. The summed E-state index contributed by atoms with van der Waals surface area (Å²) >= 11 is 2.33. The molecule has 0 fully saturated rings. The SMILES string of the molecule is CCCCc1ccc(N=Nc2sc3nc(N=Nc4ccc(N(CC)CC)cc4)sc3c2F)cc1.